The zero-order valence-corrected chi connectivity index (χ0v) is 22.3. The molecule has 1 fully saturated rings. The Labute approximate surface area is 227 Å². The summed E-state index contributed by atoms with van der Waals surface area (Å²) in [7, 11) is 1.56. The quantitative estimate of drug-likeness (QED) is 0.341. The smallest absolute Gasteiger partial charge is 0.235 e. The average Bonchev–Trinajstić information content (AvgIpc) is 3.36. The number of nitrogens with one attached hydrogen (secondary N) is 2. The van der Waals surface area contributed by atoms with Crippen LogP contribution < -0.4 is 15.4 Å². The third kappa shape index (κ3) is 6.67. The van der Waals surface area contributed by atoms with E-state index in [2.05, 4.69) is 20.6 Å². The lowest BCUT2D eigenvalue weighted by atomic mass is 9.94. The topological polar surface area (TPSA) is 111 Å². The lowest BCUT2D eigenvalue weighted by molar-refractivity contribution is -0.000132. The average molecular weight is 559 g/mol. The maximum Gasteiger partial charge on any atom is 0.235 e. The molecule has 1 aliphatic rings. The number of halogens is 3. The summed E-state index contributed by atoms with van der Waals surface area (Å²) in [6.45, 7) is 4.04. The van der Waals surface area contributed by atoms with Gasteiger partial charge in [0.25, 0.3) is 0 Å². The monoisotopic (exact) mass is 557 g/mol. The number of aromatic nitrogens is 3. The number of morpholine rings is 1. The van der Waals surface area contributed by atoms with Gasteiger partial charge in [-0.25, -0.2) is 4.98 Å². The summed E-state index contributed by atoms with van der Waals surface area (Å²) in [4.78, 5) is 22.5. The summed E-state index contributed by atoms with van der Waals surface area (Å²) in [5.41, 5.74) is 1.92. The van der Waals surface area contributed by atoms with Crippen molar-refractivity contribution >= 4 is 48.0 Å². The lowest BCUT2D eigenvalue weighted by Crippen LogP contribution is -2.44. The summed E-state index contributed by atoms with van der Waals surface area (Å²) >= 11 is 6.27. The minimum Gasteiger partial charge on any atom is -0.495 e. The second-order valence-corrected chi connectivity index (χ2v) is 8.46. The number of nitrogens with zero attached hydrogens (tertiary/aromatic N) is 3. The second kappa shape index (κ2) is 13.8. The van der Waals surface area contributed by atoms with Crippen LogP contribution in [0.1, 0.15) is 28.5 Å². The molecule has 0 radical (unpaired) electrons. The fraction of sp³-hybridized carbons (Fsp3) is 0.375. The van der Waals surface area contributed by atoms with Crippen LogP contribution >= 0.6 is 36.4 Å². The number of carbonyl (C=O) groups is 1. The number of ether oxygens (including phenoxy) is 2. The number of aliphatic hydroxyl groups excluding tert-OH is 1. The van der Waals surface area contributed by atoms with Gasteiger partial charge in [0, 0.05) is 37.9 Å². The van der Waals surface area contributed by atoms with Crippen molar-refractivity contribution in [3.63, 3.8) is 0 Å². The van der Waals surface area contributed by atoms with Crippen LogP contribution in [0.5, 0.6) is 5.75 Å². The fourth-order valence-corrected chi connectivity index (χ4v) is 4.15. The van der Waals surface area contributed by atoms with Gasteiger partial charge >= 0.3 is 0 Å². The highest BCUT2D eigenvalue weighted by molar-refractivity contribution is 6.32. The molecule has 2 unspecified atom stereocenters. The van der Waals surface area contributed by atoms with Gasteiger partial charge in [0.1, 0.15) is 11.6 Å². The van der Waals surface area contributed by atoms with E-state index >= 15 is 0 Å². The fourth-order valence-electron chi connectivity index (χ4n) is 3.87. The predicted octanol–water partition coefficient (Wildman–Crippen LogP) is 3.68. The molecule has 9 nitrogen and oxygen atoms in total. The Hall–Kier alpha value is -2.40. The molecule has 1 aromatic carbocycles. The molecule has 4 rings (SSSR count). The Morgan fingerprint density at radius 3 is 2.86 bits per heavy atom. The highest BCUT2D eigenvalue weighted by Gasteiger charge is 2.29. The lowest BCUT2D eigenvalue weighted by Gasteiger charge is -2.28. The molecule has 0 bridgehead atoms. The van der Waals surface area contributed by atoms with Crippen molar-refractivity contribution in [2.75, 3.05) is 32.1 Å². The van der Waals surface area contributed by atoms with Crippen LogP contribution in [0.2, 0.25) is 5.02 Å². The molecule has 0 amide bonds. The highest BCUT2D eigenvalue weighted by Crippen LogP contribution is 2.26. The highest BCUT2D eigenvalue weighted by atomic mass is 35.5. The normalized spacial score (nSPS) is 15.8. The number of Topliss-reactive ketones (excluding diaryl/α,β-unsaturated/α-hetero) is 1. The number of aliphatic hydroxyl groups is 1. The minimum absolute atomic E-state index is 0. The third-order valence-electron chi connectivity index (χ3n) is 5.86. The number of carbonyl (C=O) groups excluding carboxylic acids is 1. The van der Waals surface area contributed by atoms with Crippen LogP contribution in [-0.4, -0.2) is 58.3 Å². The van der Waals surface area contributed by atoms with Crippen molar-refractivity contribution in [1.29, 1.82) is 0 Å². The van der Waals surface area contributed by atoms with E-state index in [1.807, 2.05) is 13.0 Å². The zero-order chi connectivity index (χ0) is 24.1. The molecule has 12 heteroatoms. The van der Waals surface area contributed by atoms with Gasteiger partial charge in [0.05, 0.1) is 42.7 Å². The first-order valence-corrected chi connectivity index (χ1v) is 11.5. The molecule has 3 aromatic rings. The van der Waals surface area contributed by atoms with Gasteiger partial charge < -0.3 is 25.2 Å². The van der Waals surface area contributed by atoms with Gasteiger partial charge in [0.2, 0.25) is 5.95 Å². The molecule has 0 saturated carbocycles. The SMILES string of the molecule is COc1ccc(CNc2nc(-n3cccc3CO)ncc2C(=O)C(C)C2CNCCO2)cc1Cl.Cl.Cl. The first kappa shape index (κ1) is 29.8. The van der Waals surface area contributed by atoms with Crippen molar-refractivity contribution in [2.24, 2.45) is 5.92 Å². The number of anilines is 1. The van der Waals surface area contributed by atoms with Crippen LogP contribution in [-0.2, 0) is 17.9 Å². The van der Waals surface area contributed by atoms with Gasteiger partial charge in [-0.1, -0.05) is 24.6 Å². The van der Waals surface area contributed by atoms with Gasteiger partial charge in [-0.05, 0) is 29.8 Å². The molecular formula is C24H30Cl3N5O4. The molecule has 0 aliphatic carbocycles. The van der Waals surface area contributed by atoms with Crippen molar-refractivity contribution in [1.82, 2.24) is 19.9 Å². The molecule has 1 aliphatic heterocycles. The van der Waals surface area contributed by atoms with Gasteiger partial charge in [-0.2, -0.15) is 4.98 Å². The Balaban J connectivity index is 0.00000228. The van der Waals surface area contributed by atoms with Crippen LogP contribution in [0.25, 0.3) is 5.95 Å². The summed E-state index contributed by atoms with van der Waals surface area (Å²) in [5.74, 6) is 0.854. The van der Waals surface area contributed by atoms with Gasteiger partial charge in [-0.15, -0.1) is 24.8 Å². The molecule has 2 atom stereocenters. The number of hydrogen-bond donors (Lipinski definition) is 3. The maximum absolute atomic E-state index is 13.4. The number of hydrogen-bond acceptors (Lipinski definition) is 8. The van der Waals surface area contributed by atoms with Gasteiger partial charge in [-0.3, -0.25) is 9.36 Å². The summed E-state index contributed by atoms with van der Waals surface area (Å²) in [6, 6.07) is 9.07. The first-order valence-electron chi connectivity index (χ1n) is 11.1. The van der Waals surface area contributed by atoms with Crippen molar-refractivity contribution < 1.29 is 19.4 Å². The second-order valence-electron chi connectivity index (χ2n) is 8.05. The number of ketones is 1. The van der Waals surface area contributed by atoms with Crippen molar-refractivity contribution in [2.45, 2.75) is 26.2 Å². The number of benzene rings is 1. The Kier molecular flexibility index (Phi) is 11.4. The van der Waals surface area contributed by atoms with Crippen molar-refractivity contribution in [3.05, 3.63) is 64.6 Å². The zero-order valence-electron chi connectivity index (χ0n) is 19.9. The number of rotatable bonds is 9. The molecule has 2 aromatic heterocycles. The molecule has 0 spiro atoms. The molecule has 3 N–H and O–H groups in total. The van der Waals surface area contributed by atoms with E-state index in [4.69, 9.17) is 21.1 Å². The minimum atomic E-state index is -0.377. The van der Waals surface area contributed by atoms with E-state index in [1.165, 1.54) is 6.20 Å². The molecular weight excluding hydrogens is 529 g/mol. The van der Waals surface area contributed by atoms with Crippen LogP contribution in [0, 0.1) is 5.92 Å². The Morgan fingerprint density at radius 1 is 1.39 bits per heavy atom. The standard InChI is InChI=1S/C24H28ClN5O4.2ClH/c1-15(21-13-26-7-9-34-21)22(32)18-12-28-24(30-8-3-4-17(30)14-31)29-23(18)27-11-16-5-6-20(33-2)19(25)10-16;;/h3-6,8,10,12,15,21,26,31H,7,9,11,13-14H2,1-2H3,(H,27,28,29);2*1H. The van der Waals surface area contributed by atoms with E-state index < -0.39 is 0 Å². The molecule has 3 heterocycles. The largest absolute Gasteiger partial charge is 0.495 e. The summed E-state index contributed by atoms with van der Waals surface area (Å²) < 4.78 is 12.7. The molecule has 1 saturated heterocycles. The summed E-state index contributed by atoms with van der Waals surface area (Å²) in [5, 5.41) is 16.7. The van der Waals surface area contributed by atoms with Crippen LogP contribution in [0.4, 0.5) is 5.82 Å². The van der Waals surface area contributed by atoms with Crippen molar-refractivity contribution in [3.8, 4) is 11.7 Å². The van der Waals surface area contributed by atoms with E-state index in [0.29, 0.717) is 53.5 Å². The summed E-state index contributed by atoms with van der Waals surface area (Å²) in [6.07, 6.45) is 3.07. The maximum atomic E-state index is 13.4. The Morgan fingerprint density at radius 2 is 2.19 bits per heavy atom. The van der Waals surface area contributed by atoms with Crippen LogP contribution in [0.3, 0.4) is 0 Å². The third-order valence-corrected chi connectivity index (χ3v) is 6.15. The van der Waals surface area contributed by atoms with E-state index in [0.717, 1.165) is 12.1 Å². The van der Waals surface area contributed by atoms with E-state index in [-0.39, 0.29) is 49.2 Å². The molecule has 196 valence electrons. The predicted molar refractivity (Wildman–Crippen MR) is 143 cm³/mol. The van der Waals surface area contributed by atoms with E-state index in [1.54, 1.807) is 42.1 Å². The molecule has 36 heavy (non-hydrogen) atoms. The first-order chi connectivity index (χ1) is 16.5. The number of methoxy groups -OCH3 is 1. The van der Waals surface area contributed by atoms with Gasteiger partial charge in [0.15, 0.2) is 5.78 Å². The van der Waals surface area contributed by atoms with Crippen LogP contribution in [0.15, 0.2) is 42.7 Å². The van der Waals surface area contributed by atoms with E-state index in [9.17, 15) is 9.90 Å². The Bertz CT molecular complexity index is 1150.